The number of nitrogens with zero attached hydrogens (tertiary/aromatic N) is 1. The van der Waals surface area contributed by atoms with Crippen molar-refractivity contribution in [2.45, 2.75) is 208 Å². The first-order valence-electron chi connectivity index (χ1n) is 21.0. The predicted octanol–water partition coefficient (Wildman–Crippen LogP) is 11.6. The predicted molar refractivity (Wildman–Crippen MR) is 204 cm³/mol. The van der Waals surface area contributed by atoms with E-state index in [1.165, 1.54) is 96.3 Å². The highest BCUT2D eigenvalue weighted by atomic mass is 16.5. The largest absolute Gasteiger partial charge is 0.466 e. The van der Waals surface area contributed by atoms with Crippen LogP contribution in [0.4, 0.5) is 0 Å². The van der Waals surface area contributed by atoms with Crippen molar-refractivity contribution >= 4 is 11.9 Å². The molecule has 0 bridgehead atoms. The zero-order valence-electron chi connectivity index (χ0n) is 32.9. The minimum Gasteiger partial charge on any atom is -0.466 e. The van der Waals surface area contributed by atoms with Gasteiger partial charge in [0.05, 0.1) is 18.6 Å². The summed E-state index contributed by atoms with van der Waals surface area (Å²) in [5.41, 5.74) is -0.402. The summed E-state index contributed by atoms with van der Waals surface area (Å²) in [4.78, 5) is 27.2. The molecule has 0 saturated carbocycles. The second kappa shape index (κ2) is 34.3. The van der Waals surface area contributed by atoms with Crippen LogP contribution in [-0.2, 0) is 19.1 Å². The Bertz CT molecular complexity index is 708. The summed E-state index contributed by atoms with van der Waals surface area (Å²) in [7, 11) is 0. The lowest BCUT2D eigenvalue weighted by molar-refractivity contribution is -0.154. The molecule has 286 valence electrons. The fraction of sp³-hybridized carbons (Fsp3) is 0.952. The maximum atomic E-state index is 12.7. The quantitative estimate of drug-likeness (QED) is 0.0519. The van der Waals surface area contributed by atoms with Crippen molar-refractivity contribution in [3.8, 4) is 0 Å². The normalized spacial score (nSPS) is 11.9. The maximum absolute atomic E-state index is 12.7. The molecule has 0 aliphatic carbocycles. The highest BCUT2D eigenvalue weighted by Gasteiger charge is 2.28. The average Bonchev–Trinajstić information content (AvgIpc) is 3.07. The molecule has 0 fully saturated rings. The van der Waals surface area contributed by atoms with Gasteiger partial charge >= 0.3 is 11.9 Å². The first-order chi connectivity index (χ1) is 23.3. The van der Waals surface area contributed by atoms with Gasteiger partial charge in [-0.3, -0.25) is 9.59 Å². The van der Waals surface area contributed by atoms with Crippen LogP contribution in [0.5, 0.6) is 0 Å². The van der Waals surface area contributed by atoms with Crippen LogP contribution in [0.3, 0.4) is 0 Å². The summed E-state index contributed by atoms with van der Waals surface area (Å²) in [6.45, 7) is 15.6. The fourth-order valence-electron chi connectivity index (χ4n) is 6.54. The molecule has 0 unspecified atom stereocenters. The molecule has 0 atom stereocenters. The van der Waals surface area contributed by atoms with Crippen LogP contribution < -0.4 is 0 Å². The molecule has 0 rings (SSSR count). The minimum atomic E-state index is -0.402. The van der Waals surface area contributed by atoms with E-state index in [4.69, 9.17) is 9.47 Å². The number of aliphatic hydroxyl groups is 1. The van der Waals surface area contributed by atoms with Gasteiger partial charge in [0.15, 0.2) is 0 Å². The van der Waals surface area contributed by atoms with Gasteiger partial charge in [-0.2, -0.15) is 0 Å². The lowest BCUT2D eigenvalue weighted by Gasteiger charge is -2.23. The Morgan fingerprint density at radius 2 is 1.06 bits per heavy atom. The van der Waals surface area contributed by atoms with E-state index in [0.717, 1.165) is 96.2 Å². The molecule has 0 aromatic rings. The van der Waals surface area contributed by atoms with E-state index in [-0.39, 0.29) is 18.5 Å². The number of carbonyl (C=O) groups excluding carboxylic acids is 2. The first kappa shape index (κ1) is 46.9. The average molecular weight is 682 g/mol. The molecular formula is C42H83NO5. The van der Waals surface area contributed by atoms with Gasteiger partial charge in [0, 0.05) is 13.0 Å². The number of esters is 2. The van der Waals surface area contributed by atoms with Gasteiger partial charge in [-0.25, -0.2) is 0 Å². The monoisotopic (exact) mass is 682 g/mol. The molecule has 0 heterocycles. The number of hydrogen-bond acceptors (Lipinski definition) is 6. The highest BCUT2D eigenvalue weighted by Crippen LogP contribution is 2.26. The molecule has 0 spiro atoms. The van der Waals surface area contributed by atoms with Crippen LogP contribution in [0.25, 0.3) is 0 Å². The lowest BCUT2D eigenvalue weighted by atomic mass is 9.87. The Balaban J connectivity index is 3.94. The van der Waals surface area contributed by atoms with Gasteiger partial charge in [0.2, 0.25) is 0 Å². The Hall–Kier alpha value is -1.14. The summed E-state index contributed by atoms with van der Waals surface area (Å²) >= 11 is 0. The third-order valence-corrected chi connectivity index (χ3v) is 10.2. The molecular weight excluding hydrogens is 598 g/mol. The Labute approximate surface area is 299 Å². The van der Waals surface area contributed by atoms with E-state index in [2.05, 4.69) is 25.7 Å². The van der Waals surface area contributed by atoms with Gasteiger partial charge in [-0.1, -0.05) is 136 Å². The molecule has 0 amide bonds. The van der Waals surface area contributed by atoms with E-state index in [0.29, 0.717) is 19.6 Å². The van der Waals surface area contributed by atoms with E-state index in [1.807, 2.05) is 13.8 Å². The van der Waals surface area contributed by atoms with E-state index >= 15 is 0 Å². The molecule has 6 heteroatoms. The van der Waals surface area contributed by atoms with Crippen molar-refractivity contribution in [3.63, 3.8) is 0 Å². The van der Waals surface area contributed by atoms with Crippen molar-refractivity contribution in [2.24, 2.45) is 11.3 Å². The van der Waals surface area contributed by atoms with Crippen LogP contribution in [0.15, 0.2) is 0 Å². The van der Waals surface area contributed by atoms with Crippen LogP contribution in [0, 0.1) is 11.3 Å². The summed E-state index contributed by atoms with van der Waals surface area (Å²) in [5, 5.41) is 9.24. The molecule has 0 aromatic carbocycles. The van der Waals surface area contributed by atoms with E-state index < -0.39 is 5.41 Å². The SMILES string of the molecule is CCCCCCCCCC(=O)OCCCCCCCN(CCCCO)CCCCCCC(C)(C)C(=O)OCCCCCCC(CC)CC. The zero-order valence-corrected chi connectivity index (χ0v) is 32.9. The molecule has 0 aliphatic heterocycles. The number of unbranched alkanes of at least 4 members (excludes halogenated alkanes) is 17. The van der Waals surface area contributed by atoms with Crippen molar-refractivity contribution in [2.75, 3.05) is 39.5 Å². The number of hydrogen-bond donors (Lipinski definition) is 1. The molecule has 1 N–H and O–H groups in total. The van der Waals surface area contributed by atoms with E-state index in [9.17, 15) is 14.7 Å². The zero-order chi connectivity index (χ0) is 35.6. The molecule has 0 aliphatic rings. The summed E-state index contributed by atoms with van der Waals surface area (Å²) in [6, 6.07) is 0. The minimum absolute atomic E-state index is 0.0209. The topological polar surface area (TPSA) is 76.1 Å². The molecule has 0 aromatic heterocycles. The summed E-state index contributed by atoms with van der Waals surface area (Å²) in [6.07, 6.45) is 30.8. The second-order valence-corrected chi connectivity index (χ2v) is 15.2. The molecule has 0 saturated heterocycles. The summed E-state index contributed by atoms with van der Waals surface area (Å²) < 4.78 is 11.1. The fourth-order valence-corrected chi connectivity index (χ4v) is 6.54. The van der Waals surface area contributed by atoms with Gasteiger partial charge in [-0.05, 0) is 90.8 Å². The third-order valence-electron chi connectivity index (χ3n) is 10.2. The number of aliphatic hydroxyl groups excluding tert-OH is 1. The Kier molecular flexibility index (Phi) is 33.5. The standard InChI is InChI=1S/C42H83NO5/c1-6-9-10-11-12-14-22-31-40(45)47-37-28-19-13-17-24-33-43(35-26-27-36-44)34-25-18-16-23-32-42(4,5)41(46)48-38-29-20-15-21-30-39(7-2)8-3/h39,44H,6-38H2,1-5H3. The van der Waals surface area contributed by atoms with Crippen LogP contribution in [0.2, 0.25) is 0 Å². The van der Waals surface area contributed by atoms with Crippen molar-refractivity contribution in [3.05, 3.63) is 0 Å². The van der Waals surface area contributed by atoms with Crippen molar-refractivity contribution in [1.29, 1.82) is 0 Å². The number of rotatable bonds is 37. The molecule has 6 nitrogen and oxygen atoms in total. The highest BCUT2D eigenvalue weighted by molar-refractivity contribution is 5.75. The third kappa shape index (κ3) is 29.7. The second-order valence-electron chi connectivity index (χ2n) is 15.2. The molecule has 0 radical (unpaired) electrons. The summed E-state index contributed by atoms with van der Waals surface area (Å²) in [5.74, 6) is 0.822. The Morgan fingerprint density at radius 1 is 0.583 bits per heavy atom. The van der Waals surface area contributed by atoms with Gasteiger partial charge < -0.3 is 19.5 Å². The van der Waals surface area contributed by atoms with Gasteiger partial charge in [0.25, 0.3) is 0 Å². The van der Waals surface area contributed by atoms with Crippen molar-refractivity contribution in [1.82, 2.24) is 4.90 Å². The first-order valence-corrected chi connectivity index (χ1v) is 21.0. The Morgan fingerprint density at radius 3 is 1.65 bits per heavy atom. The van der Waals surface area contributed by atoms with Crippen molar-refractivity contribution < 1.29 is 24.2 Å². The molecule has 48 heavy (non-hydrogen) atoms. The van der Waals surface area contributed by atoms with E-state index in [1.54, 1.807) is 0 Å². The number of carbonyl (C=O) groups is 2. The van der Waals surface area contributed by atoms with Crippen LogP contribution in [-0.4, -0.2) is 61.4 Å². The smallest absolute Gasteiger partial charge is 0.311 e. The van der Waals surface area contributed by atoms with Gasteiger partial charge in [0.1, 0.15) is 0 Å². The van der Waals surface area contributed by atoms with Crippen LogP contribution in [0.1, 0.15) is 208 Å². The lowest BCUT2D eigenvalue weighted by Crippen LogP contribution is -2.28. The van der Waals surface area contributed by atoms with Gasteiger partial charge in [-0.15, -0.1) is 0 Å². The number of ether oxygens (including phenoxy) is 2. The van der Waals surface area contributed by atoms with Crippen LogP contribution >= 0.6 is 0 Å². The maximum Gasteiger partial charge on any atom is 0.311 e.